The molecule has 0 aromatic carbocycles. The minimum absolute atomic E-state index is 0.714. The average Bonchev–Trinajstić information content (AvgIpc) is 1.86. The van der Waals surface area contributed by atoms with Crippen LogP contribution < -0.4 is 5.32 Å². The van der Waals surface area contributed by atoms with Gasteiger partial charge in [-0.3, -0.25) is 4.99 Å². The highest BCUT2D eigenvalue weighted by Crippen LogP contribution is 1.84. The van der Waals surface area contributed by atoms with Gasteiger partial charge in [0.2, 0.25) is 0 Å². The Morgan fingerprint density at radius 2 is 2.83 bits per heavy atom. The van der Waals surface area contributed by atoms with Gasteiger partial charge in [-0.1, -0.05) is 0 Å². The van der Waals surface area contributed by atoms with E-state index in [0.717, 1.165) is 5.84 Å². The Morgan fingerprint density at radius 1 is 2.00 bits per heavy atom. The third-order valence-corrected chi connectivity index (χ3v) is 0.665. The molecule has 2 heteroatoms. The summed E-state index contributed by atoms with van der Waals surface area (Å²) in [5, 5.41) is 2.82. The van der Waals surface area contributed by atoms with Crippen LogP contribution in [0.4, 0.5) is 0 Å². The second kappa shape index (κ2) is 1.29. The number of amidine groups is 1. The molecular weight excluding hydrogens is 76.1 g/mol. The van der Waals surface area contributed by atoms with Crippen molar-refractivity contribution in [3.8, 4) is 0 Å². The van der Waals surface area contributed by atoms with Crippen LogP contribution in [0.2, 0.25) is 0 Å². The predicted octanol–water partition coefficient (Wildman–Crippen LogP) is 0.0468. The number of rotatable bonds is 0. The second-order valence-corrected chi connectivity index (χ2v) is 1.20. The molecule has 0 fully saturated rings. The summed E-state index contributed by atoms with van der Waals surface area (Å²) < 4.78 is 0. The Hall–Kier alpha value is -0.530. The van der Waals surface area contributed by atoms with Crippen molar-refractivity contribution in [1.29, 1.82) is 0 Å². The summed E-state index contributed by atoms with van der Waals surface area (Å²) in [6.07, 6.45) is 0. The van der Waals surface area contributed by atoms with Gasteiger partial charge in [0.25, 0.3) is 0 Å². The van der Waals surface area contributed by atoms with Crippen LogP contribution >= 0.6 is 0 Å². The van der Waals surface area contributed by atoms with Gasteiger partial charge in [-0.25, -0.2) is 0 Å². The zero-order chi connectivity index (χ0) is 4.41. The molecule has 0 amide bonds. The van der Waals surface area contributed by atoms with Crippen LogP contribution in [0.25, 0.3) is 0 Å². The van der Waals surface area contributed by atoms with E-state index >= 15 is 0 Å². The lowest BCUT2D eigenvalue weighted by molar-refractivity contribution is 1.11. The van der Waals surface area contributed by atoms with E-state index in [1.54, 1.807) is 0 Å². The molecule has 2 radical (unpaired) electrons. The number of aliphatic imine (C=N–C) groups is 1. The van der Waals surface area contributed by atoms with E-state index in [-0.39, 0.29) is 0 Å². The molecule has 0 atom stereocenters. The molecule has 1 aliphatic rings. The lowest BCUT2D eigenvalue weighted by Crippen LogP contribution is -2.09. The molecule has 0 bridgehead atoms. The fourth-order valence-electron chi connectivity index (χ4n) is 0.365. The minimum Gasteiger partial charge on any atom is -0.362 e. The van der Waals surface area contributed by atoms with Crippen LogP contribution in [-0.4, -0.2) is 12.4 Å². The Bertz CT molecular complexity index is 75.6. The van der Waals surface area contributed by atoms with E-state index in [1.807, 2.05) is 6.92 Å². The smallest absolute Gasteiger partial charge is 0.113 e. The van der Waals surface area contributed by atoms with Crippen molar-refractivity contribution in [2.45, 2.75) is 6.92 Å². The molecule has 2 nitrogen and oxygen atoms in total. The van der Waals surface area contributed by atoms with Gasteiger partial charge in [-0.05, 0) is 6.92 Å². The first-order valence-corrected chi connectivity index (χ1v) is 1.89. The summed E-state index contributed by atoms with van der Waals surface area (Å²) in [4.78, 5) is 3.93. The molecule has 1 aliphatic heterocycles. The zero-order valence-electron chi connectivity index (χ0n) is 3.65. The van der Waals surface area contributed by atoms with E-state index in [2.05, 4.69) is 16.9 Å². The molecular formula is C4H6N2. The normalized spacial score (nSPS) is 19.8. The van der Waals surface area contributed by atoms with Crippen molar-refractivity contribution in [3.05, 3.63) is 6.54 Å². The van der Waals surface area contributed by atoms with Crippen molar-refractivity contribution in [2.75, 3.05) is 6.54 Å². The van der Waals surface area contributed by atoms with Crippen LogP contribution in [0, 0.1) is 6.54 Å². The standard InChI is InChI=1S/C4H6N2/c1-4-5-2-3-6-4/h2H2,1H3,(H,5,6). The maximum absolute atomic E-state index is 3.93. The van der Waals surface area contributed by atoms with Crippen LogP contribution in [-0.2, 0) is 0 Å². The predicted molar refractivity (Wildman–Crippen MR) is 24.4 cm³/mol. The van der Waals surface area contributed by atoms with E-state index in [9.17, 15) is 0 Å². The van der Waals surface area contributed by atoms with E-state index in [0.29, 0.717) is 6.54 Å². The van der Waals surface area contributed by atoms with E-state index in [1.165, 1.54) is 0 Å². The third-order valence-electron chi connectivity index (χ3n) is 0.665. The number of hydrogen-bond acceptors (Lipinski definition) is 2. The topological polar surface area (TPSA) is 24.4 Å². The molecule has 0 unspecified atom stereocenters. The summed E-state index contributed by atoms with van der Waals surface area (Å²) in [6.45, 7) is 5.45. The number of nitrogens with one attached hydrogen (secondary N) is 1. The van der Waals surface area contributed by atoms with Gasteiger partial charge >= 0.3 is 0 Å². The SMILES string of the molecule is CC1=NC[C]N1. The fraction of sp³-hybridized carbons (Fsp3) is 0.500. The van der Waals surface area contributed by atoms with Gasteiger partial charge in [-0.15, -0.1) is 0 Å². The molecule has 1 heterocycles. The van der Waals surface area contributed by atoms with Crippen LogP contribution in [0.1, 0.15) is 6.92 Å². The van der Waals surface area contributed by atoms with Gasteiger partial charge in [0, 0.05) is 0 Å². The number of nitrogens with zero attached hydrogens (tertiary/aromatic N) is 1. The largest absolute Gasteiger partial charge is 0.362 e. The molecule has 0 spiro atoms. The van der Waals surface area contributed by atoms with Crippen LogP contribution in [0.15, 0.2) is 4.99 Å². The molecule has 32 valence electrons. The summed E-state index contributed by atoms with van der Waals surface area (Å²) in [6, 6.07) is 0. The first-order valence-electron chi connectivity index (χ1n) is 1.89. The molecule has 1 N–H and O–H groups in total. The Balaban J connectivity index is 2.45. The van der Waals surface area contributed by atoms with Gasteiger partial charge in [0.05, 0.1) is 12.4 Å². The Morgan fingerprint density at radius 3 is 3.00 bits per heavy atom. The molecule has 0 aromatic heterocycles. The molecule has 1 rings (SSSR count). The summed E-state index contributed by atoms with van der Waals surface area (Å²) >= 11 is 0. The van der Waals surface area contributed by atoms with E-state index < -0.39 is 0 Å². The lowest BCUT2D eigenvalue weighted by atomic mass is 10.7. The van der Waals surface area contributed by atoms with Gasteiger partial charge in [0.15, 0.2) is 0 Å². The number of hydrogen-bond donors (Lipinski definition) is 1. The molecule has 0 aliphatic carbocycles. The quantitative estimate of drug-likeness (QED) is 0.438. The first-order chi connectivity index (χ1) is 2.89. The molecule has 6 heavy (non-hydrogen) atoms. The summed E-state index contributed by atoms with van der Waals surface area (Å²) in [7, 11) is 0. The van der Waals surface area contributed by atoms with Crippen molar-refractivity contribution in [2.24, 2.45) is 4.99 Å². The van der Waals surface area contributed by atoms with Gasteiger partial charge < -0.3 is 5.32 Å². The second-order valence-electron chi connectivity index (χ2n) is 1.20. The Kier molecular flexibility index (Phi) is 0.783. The molecule has 0 saturated carbocycles. The highest BCUT2D eigenvalue weighted by molar-refractivity contribution is 5.81. The molecule has 0 saturated heterocycles. The van der Waals surface area contributed by atoms with Gasteiger partial charge in [-0.2, -0.15) is 0 Å². The molecule has 0 aromatic rings. The van der Waals surface area contributed by atoms with E-state index in [4.69, 9.17) is 0 Å². The highest BCUT2D eigenvalue weighted by Gasteiger charge is 1.95. The van der Waals surface area contributed by atoms with Crippen molar-refractivity contribution in [3.63, 3.8) is 0 Å². The highest BCUT2D eigenvalue weighted by atomic mass is 15.0. The maximum Gasteiger partial charge on any atom is 0.113 e. The minimum atomic E-state index is 0.714. The van der Waals surface area contributed by atoms with Crippen LogP contribution in [0.3, 0.4) is 0 Å². The van der Waals surface area contributed by atoms with Crippen molar-refractivity contribution in [1.82, 2.24) is 5.32 Å². The van der Waals surface area contributed by atoms with Crippen molar-refractivity contribution >= 4 is 5.84 Å². The summed E-state index contributed by atoms with van der Waals surface area (Å²) in [5.74, 6) is 0.968. The third kappa shape index (κ3) is 0.506. The van der Waals surface area contributed by atoms with Crippen molar-refractivity contribution < 1.29 is 0 Å². The zero-order valence-corrected chi connectivity index (χ0v) is 3.65. The monoisotopic (exact) mass is 82.1 g/mol. The summed E-state index contributed by atoms with van der Waals surface area (Å²) in [5.41, 5.74) is 0. The fourth-order valence-corrected chi connectivity index (χ4v) is 0.365. The Labute approximate surface area is 37.3 Å². The van der Waals surface area contributed by atoms with Gasteiger partial charge in [0.1, 0.15) is 6.54 Å². The maximum atomic E-state index is 3.93. The first kappa shape index (κ1) is 3.65. The van der Waals surface area contributed by atoms with Crippen LogP contribution in [0.5, 0.6) is 0 Å². The lowest BCUT2D eigenvalue weighted by Gasteiger charge is -1.83. The average molecular weight is 82.1 g/mol.